The van der Waals surface area contributed by atoms with Crippen LogP contribution in [-0.2, 0) is 4.79 Å². The van der Waals surface area contributed by atoms with E-state index in [0.29, 0.717) is 0 Å². The van der Waals surface area contributed by atoms with E-state index < -0.39 is 0 Å². The zero-order valence-corrected chi connectivity index (χ0v) is 3.42. The van der Waals surface area contributed by atoms with Crippen molar-refractivity contribution in [3.05, 3.63) is 12.8 Å². The normalized spacial score (nSPS) is 4.00. The standard InChI is InChI=1S/C2H5N.CH3NO/c1-2-3;2-1-3/h2H,1,3H2;1H,(H2,2,3). The van der Waals surface area contributed by atoms with E-state index in [0.717, 1.165) is 0 Å². The van der Waals surface area contributed by atoms with Gasteiger partial charge in [0.1, 0.15) is 0 Å². The van der Waals surface area contributed by atoms with Gasteiger partial charge >= 0.3 is 0 Å². The summed E-state index contributed by atoms with van der Waals surface area (Å²) >= 11 is 0. The maximum absolute atomic E-state index is 8.58. The third kappa shape index (κ3) is 12.4. The van der Waals surface area contributed by atoms with Crippen molar-refractivity contribution in [2.24, 2.45) is 11.5 Å². The highest BCUT2D eigenvalue weighted by atomic mass is 16.1. The van der Waals surface area contributed by atoms with Gasteiger partial charge in [-0.05, 0) is 6.20 Å². The lowest BCUT2D eigenvalue weighted by atomic mass is 11.1. The quantitative estimate of drug-likeness (QED) is 0.380. The minimum absolute atomic E-state index is 0.250. The highest BCUT2D eigenvalue weighted by Gasteiger charge is 1.19. The van der Waals surface area contributed by atoms with E-state index in [1.165, 1.54) is 6.20 Å². The molecule has 0 fully saturated rings. The summed E-state index contributed by atoms with van der Waals surface area (Å²) in [5.41, 5.74) is 8.78. The molecular formula is C3H8N2O. The second kappa shape index (κ2) is 35.6. The smallest absolute Gasteiger partial charge is 0.204 e. The van der Waals surface area contributed by atoms with Gasteiger partial charge in [-0.15, -0.1) is 0 Å². The molecule has 4 N–H and O–H groups in total. The van der Waals surface area contributed by atoms with Crippen molar-refractivity contribution in [3.63, 3.8) is 0 Å². The van der Waals surface area contributed by atoms with Crippen LogP contribution in [0.15, 0.2) is 12.8 Å². The zero-order chi connectivity index (χ0) is 5.41. The van der Waals surface area contributed by atoms with Crippen molar-refractivity contribution in [3.8, 4) is 0 Å². The number of amides is 1. The molecule has 36 valence electrons. The predicted octanol–water partition coefficient (Wildman–Crippen LogP) is -0.810. The van der Waals surface area contributed by atoms with Gasteiger partial charge in [-0.3, -0.25) is 4.79 Å². The third-order valence-electron chi connectivity index (χ3n) is 0. The van der Waals surface area contributed by atoms with Crippen molar-refractivity contribution in [2.75, 3.05) is 0 Å². The van der Waals surface area contributed by atoms with Crippen LogP contribution >= 0.6 is 0 Å². The summed E-state index contributed by atoms with van der Waals surface area (Å²) in [6.07, 6.45) is 1.50. The number of carbonyl (C=O) groups is 1. The molecule has 0 unspecified atom stereocenters. The maximum Gasteiger partial charge on any atom is 0.204 e. The lowest BCUT2D eigenvalue weighted by Crippen LogP contribution is -1.82. The molecule has 0 aromatic heterocycles. The second-order valence-electron chi connectivity index (χ2n) is 0.372. The molecule has 0 aliphatic carbocycles. The fourth-order valence-electron chi connectivity index (χ4n) is 0. The number of nitrogens with two attached hydrogens (primary N) is 2. The van der Waals surface area contributed by atoms with E-state index in [1.807, 2.05) is 0 Å². The van der Waals surface area contributed by atoms with E-state index >= 15 is 0 Å². The van der Waals surface area contributed by atoms with Gasteiger partial charge in [-0.2, -0.15) is 0 Å². The largest absolute Gasteiger partial charge is 0.405 e. The Balaban J connectivity index is 0. The Morgan fingerprint density at radius 1 is 1.50 bits per heavy atom. The Kier molecular flexibility index (Phi) is 52.8. The fourth-order valence-corrected chi connectivity index (χ4v) is 0. The summed E-state index contributed by atoms with van der Waals surface area (Å²) < 4.78 is 0. The summed E-state index contributed by atoms with van der Waals surface area (Å²) in [4.78, 5) is 8.58. The Labute approximate surface area is 36.6 Å². The first-order valence-electron chi connectivity index (χ1n) is 1.31. The molecule has 0 aliphatic rings. The predicted molar refractivity (Wildman–Crippen MR) is 24.6 cm³/mol. The number of rotatable bonds is 0. The van der Waals surface area contributed by atoms with Crippen LogP contribution in [0.3, 0.4) is 0 Å². The van der Waals surface area contributed by atoms with Crippen molar-refractivity contribution < 1.29 is 4.79 Å². The van der Waals surface area contributed by atoms with Gasteiger partial charge in [0.15, 0.2) is 0 Å². The Morgan fingerprint density at radius 2 is 1.50 bits per heavy atom. The highest BCUT2D eigenvalue weighted by molar-refractivity contribution is 5.42. The van der Waals surface area contributed by atoms with Gasteiger partial charge in [-0.25, -0.2) is 0 Å². The Bertz CT molecular complexity index is 29.8. The van der Waals surface area contributed by atoms with Crippen LogP contribution in [0.5, 0.6) is 0 Å². The first-order valence-corrected chi connectivity index (χ1v) is 1.31. The molecule has 0 saturated heterocycles. The minimum Gasteiger partial charge on any atom is -0.405 e. The molecule has 0 heterocycles. The maximum atomic E-state index is 8.58. The van der Waals surface area contributed by atoms with Crippen LogP contribution in [0.1, 0.15) is 0 Å². The van der Waals surface area contributed by atoms with Crippen LogP contribution < -0.4 is 11.5 Å². The van der Waals surface area contributed by atoms with Crippen LogP contribution in [0, 0.1) is 0 Å². The van der Waals surface area contributed by atoms with Crippen LogP contribution in [-0.4, -0.2) is 6.41 Å². The molecule has 0 aliphatic heterocycles. The van der Waals surface area contributed by atoms with E-state index in [-0.39, 0.29) is 6.41 Å². The van der Waals surface area contributed by atoms with Crippen molar-refractivity contribution in [1.82, 2.24) is 0 Å². The van der Waals surface area contributed by atoms with Crippen molar-refractivity contribution >= 4 is 6.41 Å². The summed E-state index contributed by atoms with van der Waals surface area (Å²) in [5.74, 6) is 0. The fraction of sp³-hybridized carbons (Fsp3) is 0. The molecule has 3 heteroatoms. The summed E-state index contributed by atoms with van der Waals surface area (Å²) in [5, 5.41) is 0. The van der Waals surface area contributed by atoms with E-state index in [4.69, 9.17) is 4.79 Å². The molecule has 0 aromatic rings. The van der Waals surface area contributed by atoms with E-state index in [2.05, 4.69) is 18.0 Å². The first kappa shape index (κ1) is 8.89. The van der Waals surface area contributed by atoms with Crippen molar-refractivity contribution in [1.29, 1.82) is 0 Å². The summed E-state index contributed by atoms with van der Waals surface area (Å²) in [7, 11) is 0. The lowest BCUT2D eigenvalue weighted by molar-refractivity contribution is -0.106. The monoisotopic (exact) mass is 88.1 g/mol. The van der Waals surface area contributed by atoms with Crippen LogP contribution in [0.2, 0.25) is 0 Å². The number of carbonyl (C=O) groups excluding carboxylic acids is 1. The molecular weight excluding hydrogens is 80.0 g/mol. The minimum atomic E-state index is 0.250. The molecule has 0 radical (unpaired) electrons. The molecule has 6 heavy (non-hydrogen) atoms. The molecule has 0 bridgehead atoms. The van der Waals surface area contributed by atoms with Crippen LogP contribution in [0.4, 0.5) is 0 Å². The molecule has 0 aromatic carbocycles. The highest BCUT2D eigenvalue weighted by Crippen LogP contribution is 1.13. The lowest BCUT2D eigenvalue weighted by Gasteiger charge is -1.40. The van der Waals surface area contributed by atoms with Gasteiger partial charge in [0.05, 0.1) is 0 Å². The van der Waals surface area contributed by atoms with Gasteiger partial charge < -0.3 is 11.5 Å². The molecule has 1 amide bonds. The van der Waals surface area contributed by atoms with Gasteiger partial charge in [0, 0.05) is 0 Å². The first-order chi connectivity index (χ1) is 2.83. The summed E-state index contributed by atoms with van der Waals surface area (Å²) in [6.45, 7) is 3.14. The molecule has 3 nitrogen and oxygen atoms in total. The number of hydrogen-bond donors (Lipinski definition) is 2. The van der Waals surface area contributed by atoms with Gasteiger partial charge in [0.25, 0.3) is 0 Å². The number of hydrogen-bond acceptors (Lipinski definition) is 2. The van der Waals surface area contributed by atoms with Gasteiger partial charge in [0.2, 0.25) is 6.41 Å². The average Bonchev–Trinajstić information content (AvgIpc) is 1.39. The van der Waals surface area contributed by atoms with Crippen molar-refractivity contribution in [2.45, 2.75) is 0 Å². The Hall–Kier alpha value is -0.990. The van der Waals surface area contributed by atoms with Crippen LogP contribution in [0.25, 0.3) is 0 Å². The Morgan fingerprint density at radius 3 is 1.50 bits per heavy atom. The SMILES string of the molecule is C=CN.NC=O. The topological polar surface area (TPSA) is 69.1 Å². The molecule has 0 rings (SSSR count). The molecule has 0 atom stereocenters. The molecule has 0 spiro atoms. The van der Waals surface area contributed by atoms with E-state index in [9.17, 15) is 0 Å². The summed E-state index contributed by atoms with van der Waals surface area (Å²) in [6, 6.07) is 0. The zero-order valence-electron chi connectivity index (χ0n) is 3.42. The number of primary amides is 1. The average molecular weight is 88.1 g/mol. The second-order valence-corrected chi connectivity index (χ2v) is 0.372. The van der Waals surface area contributed by atoms with E-state index in [1.54, 1.807) is 0 Å². The molecule has 0 saturated carbocycles. The van der Waals surface area contributed by atoms with Gasteiger partial charge in [-0.1, -0.05) is 6.58 Å². The third-order valence-corrected chi connectivity index (χ3v) is 0.